The molecule has 0 aliphatic heterocycles. The fourth-order valence-electron chi connectivity index (χ4n) is 0.826. The van der Waals surface area contributed by atoms with Crippen LogP contribution < -0.4 is 4.57 Å². The van der Waals surface area contributed by atoms with Crippen molar-refractivity contribution >= 4 is 22.6 Å². The second kappa shape index (κ2) is 4.66. The van der Waals surface area contributed by atoms with Crippen LogP contribution in [0.5, 0.6) is 0 Å². The van der Waals surface area contributed by atoms with E-state index in [1.807, 2.05) is 6.07 Å². The van der Waals surface area contributed by atoms with Gasteiger partial charge in [0.15, 0.2) is 12.4 Å². The van der Waals surface area contributed by atoms with Crippen molar-refractivity contribution in [2.75, 3.05) is 4.43 Å². The zero-order valence-electron chi connectivity index (χ0n) is 5.83. The van der Waals surface area contributed by atoms with E-state index in [9.17, 15) is 0 Å². The summed E-state index contributed by atoms with van der Waals surface area (Å²) in [7, 11) is 0. The van der Waals surface area contributed by atoms with Crippen molar-refractivity contribution < 1.29 is 4.57 Å². The van der Waals surface area contributed by atoms with Crippen LogP contribution >= 0.6 is 22.6 Å². The van der Waals surface area contributed by atoms with Crippen LogP contribution in [0, 0.1) is 0 Å². The molecule has 0 amide bonds. The standard InChI is InChI=1S/C8H11IN/c9-5-4-8-10-6-2-1-3-7-10/h1-3,6-7H,4-5,8H2/q+1. The first-order valence-electron chi connectivity index (χ1n) is 3.43. The van der Waals surface area contributed by atoms with E-state index in [4.69, 9.17) is 0 Å². The van der Waals surface area contributed by atoms with Gasteiger partial charge in [-0.05, 0) is 0 Å². The number of pyridine rings is 1. The molecule has 0 aromatic carbocycles. The van der Waals surface area contributed by atoms with E-state index in [-0.39, 0.29) is 0 Å². The molecule has 1 heterocycles. The van der Waals surface area contributed by atoms with Crippen molar-refractivity contribution in [2.45, 2.75) is 13.0 Å². The molecule has 0 atom stereocenters. The number of alkyl halides is 1. The van der Waals surface area contributed by atoms with Gasteiger partial charge < -0.3 is 0 Å². The fourth-order valence-corrected chi connectivity index (χ4v) is 1.17. The molecular formula is C8H11IN+. The molecule has 0 aliphatic rings. The Morgan fingerprint density at radius 1 is 1.10 bits per heavy atom. The largest absolute Gasteiger partial charge is 0.205 e. The van der Waals surface area contributed by atoms with Crippen LogP contribution in [0.25, 0.3) is 0 Å². The van der Waals surface area contributed by atoms with E-state index < -0.39 is 0 Å². The van der Waals surface area contributed by atoms with Gasteiger partial charge in [-0.15, -0.1) is 0 Å². The van der Waals surface area contributed by atoms with Gasteiger partial charge >= 0.3 is 0 Å². The van der Waals surface area contributed by atoms with Gasteiger partial charge in [0.1, 0.15) is 6.54 Å². The topological polar surface area (TPSA) is 3.88 Å². The average Bonchev–Trinajstić information content (AvgIpc) is 2.03. The maximum Gasteiger partial charge on any atom is 0.168 e. The molecule has 10 heavy (non-hydrogen) atoms. The quantitative estimate of drug-likeness (QED) is 0.436. The first kappa shape index (κ1) is 7.98. The van der Waals surface area contributed by atoms with E-state index in [1.165, 1.54) is 10.8 Å². The fraction of sp³-hybridized carbons (Fsp3) is 0.375. The van der Waals surface area contributed by atoms with Crippen molar-refractivity contribution in [3.05, 3.63) is 30.6 Å². The normalized spacial score (nSPS) is 9.70. The molecule has 0 bridgehead atoms. The lowest BCUT2D eigenvalue weighted by Crippen LogP contribution is -2.32. The monoisotopic (exact) mass is 248 g/mol. The van der Waals surface area contributed by atoms with Crippen molar-refractivity contribution in [3.63, 3.8) is 0 Å². The Bertz CT molecular complexity index is 174. The van der Waals surface area contributed by atoms with Crippen molar-refractivity contribution in [2.24, 2.45) is 0 Å². The van der Waals surface area contributed by atoms with Crippen LogP contribution in [0.15, 0.2) is 30.6 Å². The van der Waals surface area contributed by atoms with Gasteiger partial charge in [-0.25, -0.2) is 4.57 Å². The van der Waals surface area contributed by atoms with Crippen molar-refractivity contribution in [1.29, 1.82) is 0 Å². The average molecular weight is 248 g/mol. The minimum atomic E-state index is 1.14. The van der Waals surface area contributed by atoms with Gasteiger partial charge in [0, 0.05) is 23.0 Å². The first-order valence-corrected chi connectivity index (χ1v) is 4.96. The second-order valence-electron chi connectivity index (χ2n) is 2.16. The molecule has 1 aromatic heterocycles. The Kier molecular flexibility index (Phi) is 3.72. The summed E-state index contributed by atoms with van der Waals surface area (Å²) in [5.74, 6) is 0. The lowest BCUT2D eigenvalue weighted by Gasteiger charge is -1.91. The number of nitrogens with zero attached hydrogens (tertiary/aromatic N) is 1. The van der Waals surface area contributed by atoms with Crippen molar-refractivity contribution in [1.82, 2.24) is 0 Å². The summed E-state index contributed by atoms with van der Waals surface area (Å²) in [5, 5.41) is 0. The van der Waals surface area contributed by atoms with E-state index in [0.717, 1.165) is 6.54 Å². The number of hydrogen-bond donors (Lipinski definition) is 0. The summed E-state index contributed by atoms with van der Waals surface area (Å²) in [6, 6.07) is 6.17. The second-order valence-corrected chi connectivity index (χ2v) is 3.23. The van der Waals surface area contributed by atoms with Crippen LogP contribution in [0.3, 0.4) is 0 Å². The predicted octanol–water partition coefficient (Wildman–Crippen LogP) is 1.80. The van der Waals surface area contributed by atoms with Crippen LogP contribution in [-0.4, -0.2) is 4.43 Å². The van der Waals surface area contributed by atoms with E-state index in [2.05, 4.69) is 51.7 Å². The summed E-state index contributed by atoms with van der Waals surface area (Å²) in [5.41, 5.74) is 0. The molecule has 0 N–H and O–H groups in total. The molecule has 54 valence electrons. The van der Waals surface area contributed by atoms with E-state index >= 15 is 0 Å². The Balaban J connectivity index is 2.43. The Hall–Kier alpha value is -0.120. The number of aromatic nitrogens is 1. The molecule has 2 heteroatoms. The van der Waals surface area contributed by atoms with Gasteiger partial charge in [0.25, 0.3) is 0 Å². The third kappa shape index (κ3) is 2.64. The number of aryl methyl sites for hydroxylation is 1. The lowest BCUT2D eigenvalue weighted by atomic mass is 10.4. The highest BCUT2D eigenvalue weighted by Gasteiger charge is 1.93. The minimum Gasteiger partial charge on any atom is -0.205 e. The van der Waals surface area contributed by atoms with Crippen LogP contribution in [0.4, 0.5) is 0 Å². The number of rotatable bonds is 3. The van der Waals surface area contributed by atoms with Crippen LogP contribution in [0.1, 0.15) is 6.42 Å². The minimum absolute atomic E-state index is 1.14. The zero-order valence-corrected chi connectivity index (χ0v) is 7.99. The molecule has 1 nitrogen and oxygen atoms in total. The Labute approximate surface area is 75.2 Å². The van der Waals surface area contributed by atoms with Crippen LogP contribution in [0.2, 0.25) is 0 Å². The molecule has 0 fully saturated rings. The molecule has 0 saturated carbocycles. The third-order valence-corrected chi connectivity index (χ3v) is 2.09. The predicted molar refractivity (Wildman–Crippen MR) is 50.1 cm³/mol. The number of halogens is 1. The molecule has 0 radical (unpaired) electrons. The molecule has 0 spiro atoms. The van der Waals surface area contributed by atoms with Crippen LogP contribution in [-0.2, 0) is 6.54 Å². The van der Waals surface area contributed by atoms with Gasteiger partial charge in [-0.2, -0.15) is 0 Å². The van der Waals surface area contributed by atoms with Gasteiger partial charge in [0.05, 0.1) is 0 Å². The lowest BCUT2D eigenvalue weighted by molar-refractivity contribution is -0.696. The Morgan fingerprint density at radius 2 is 1.80 bits per heavy atom. The SMILES string of the molecule is ICCC[n+]1ccccc1. The highest BCUT2D eigenvalue weighted by atomic mass is 127. The van der Waals surface area contributed by atoms with Gasteiger partial charge in [-0.3, -0.25) is 0 Å². The van der Waals surface area contributed by atoms with E-state index in [0.29, 0.717) is 0 Å². The summed E-state index contributed by atoms with van der Waals surface area (Å²) in [6.07, 6.45) is 5.47. The van der Waals surface area contributed by atoms with Crippen molar-refractivity contribution in [3.8, 4) is 0 Å². The first-order chi connectivity index (χ1) is 4.93. The summed E-state index contributed by atoms with van der Waals surface area (Å²) >= 11 is 2.40. The molecule has 1 aromatic rings. The number of hydrogen-bond acceptors (Lipinski definition) is 0. The molecular weight excluding hydrogens is 237 g/mol. The highest BCUT2D eigenvalue weighted by molar-refractivity contribution is 14.1. The maximum atomic E-state index is 2.40. The molecule has 1 rings (SSSR count). The highest BCUT2D eigenvalue weighted by Crippen LogP contribution is 1.87. The summed E-state index contributed by atoms with van der Waals surface area (Å²) < 4.78 is 3.44. The molecule has 0 unspecified atom stereocenters. The smallest absolute Gasteiger partial charge is 0.168 e. The Morgan fingerprint density at radius 3 is 2.40 bits per heavy atom. The third-order valence-electron chi connectivity index (χ3n) is 1.33. The summed E-state index contributed by atoms with van der Waals surface area (Å²) in [4.78, 5) is 0. The molecule has 0 aliphatic carbocycles. The van der Waals surface area contributed by atoms with Gasteiger partial charge in [-0.1, -0.05) is 28.7 Å². The van der Waals surface area contributed by atoms with E-state index in [1.54, 1.807) is 0 Å². The summed E-state index contributed by atoms with van der Waals surface area (Å²) in [6.45, 7) is 1.14. The molecule has 0 saturated heterocycles. The zero-order chi connectivity index (χ0) is 7.23. The maximum absolute atomic E-state index is 2.40. The van der Waals surface area contributed by atoms with Gasteiger partial charge in [0.2, 0.25) is 0 Å².